The molecule has 0 aliphatic rings. The lowest BCUT2D eigenvalue weighted by molar-refractivity contribution is -0.119. The fourth-order valence-electron chi connectivity index (χ4n) is 1.68. The fourth-order valence-corrected chi connectivity index (χ4v) is 2.20. The average Bonchev–Trinajstić information content (AvgIpc) is 2.86. The Hall–Kier alpha value is -2.29. The molecule has 2 aromatic rings. The van der Waals surface area contributed by atoms with Gasteiger partial charge >= 0.3 is 0 Å². The maximum atomic E-state index is 13.5. The summed E-state index contributed by atoms with van der Waals surface area (Å²) >= 11 is 0. The zero-order valence-corrected chi connectivity index (χ0v) is 12.8. The Balaban J connectivity index is 2.02. The predicted octanol–water partition coefficient (Wildman–Crippen LogP) is 1.19. The second-order valence-corrected chi connectivity index (χ2v) is 6.52. The van der Waals surface area contributed by atoms with Gasteiger partial charge in [-0.2, -0.15) is 4.98 Å². The third-order valence-corrected chi connectivity index (χ3v) is 3.36. The van der Waals surface area contributed by atoms with Crippen molar-refractivity contribution in [1.29, 1.82) is 0 Å². The van der Waals surface area contributed by atoms with E-state index >= 15 is 0 Å². The van der Waals surface area contributed by atoms with Gasteiger partial charge in [0, 0.05) is 18.4 Å². The molecular weight excluding hydrogens is 313 g/mol. The van der Waals surface area contributed by atoms with Crippen LogP contribution in [0.5, 0.6) is 0 Å². The van der Waals surface area contributed by atoms with Crippen LogP contribution in [0.4, 0.5) is 4.39 Å². The SMILES string of the molecule is Cc1ccc(-c2noc(CCC(=O)NS(C)(=O)=O)n2)cc1F. The van der Waals surface area contributed by atoms with Crippen LogP contribution in [-0.2, 0) is 21.2 Å². The quantitative estimate of drug-likeness (QED) is 0.885. The number of nitrogens with zero attached hydrogens (tertiary/aromatic N) is 2. The fraction of sp³-hybridized carbons (Fsp3) is 0.308. The molecule has 0 radical (unpaired) electrons. The summed E-state index contributed by atoms with van der Waals surface area (Å²) < 4.78 is 42.0. The van der Waals surface area contributed by atoms with Gasteiger partial charge in [0.2, 0.25) is 27.6 Å². The zero-order valence-electron chi connectivity index (χ0n) is 12.0. The molecule has 1 aromatic heterocycles. The van der Waals surface area contributed by atoms with Crippen LogP contribution in [-0.4, -0.2) is 30.7 Å². The highest BCUT2D eigenvalue weighted by Crippen LogP contribution is 2.19. The minimum absolute atomic E-state index is 0.0860. The largest absolute Gasteiger partial charge is 0.339 e. The number of benzene rings is 1. The smallest absolute Gasteiger partial charge is 0.233 e. The maximum Gasteiger partial charge on any atom is 0.233 e. The molecule has 1 heterocycles. The Kier molecular flexibility index (Phi) is 4.55. The van der Waals surface area contributed by atoms with Gasteiger partial charge in [-0.1, -0.05) is 17.3 Å². The van der Waals surface area contributed by atoms with Gasteiger partial charge in [-0.15, -0.1) is 0 Å². The van der Waals surface area contributed by atoms with Crippen molar-refractivity contribution < 1.29 is 22.1 Å². The zero-order chi connectivity index (χ0) is 16.3. The number of hydrogen-bond donors (Lipinski definition) is 1. The molecule has 2 rings (SSSR count). The number of carbonyl (C=O) groups is 1. The van der Waals surface area contributed by atoms with Gasteiger partial charge in [0.05, 0.1) is 6.26 Å². The highest BCUT2D eigenvalue weighted by molar-refractivity contribution is 7.89. The second kappa shape index (κ2) is 6.22. The van der Waals surface area contributed by atoms with Gasteiger partial charge in [0.15, 0.2) is 0 Å². The highest BCUT2D eigenvalue weighted by Gasteiger charge is 2.13. The number of aromatic nitrogens is 2. The lowest BCUT2D eigenvalue weighted by atomic mass is 10.1. The Morgan fingerprint density at radius 1 is 1.41 bits per heavy atom. The second-order valence-electron chi connectivity index (χ2n) is 4.77. The Morgan fingerprint density at radius 3 is 2.77 bits per heavy atom. The van der Waals surface area contributed by atoms with E-state index in [-0.39, 0.29) is 30.4 Å². The van der Waals surface area contributed by atoms with E-state index in [0.29, 0.717) is 11.1 Å². The number of nitrogens with one attached hydrogen (secondary N) is 1. The summed E-state index contributed by atoms with van der Waals surface area (Å²) in [7, 11) is -3.58. The van der Waals surface area contributed by atoms with E-state index in [0.717, 1.165) is 6.26 Å². The summed E-state index contributed by atoms with van der Waals surface area (Å²) in [4.78, 5) is 15.4. The van der Waals surface area contributed by atoms with E-state index in [4.69, 9.17) is 4.52 Å². The molecule has 0 saturated heterocycles. The van der Waals surface area contributed by atoms with Crippen molar-refractivity contribution in [3.05, 3.63) is 35.5 Å². The van der Waals surface area contributed by atoms with Crippen LogP contribution in [0.15, 0.2) is 22.7 Å². The normalized spacial score (nSPS) is 11.4. The average molecular weight is 327 g/mol. The molecule has 1 aromatic carbocycles. The van der Waals surface area contributed by atoms with E-state index < -0.39 is 15.9 Å². The van der Waals surface area contributed by atoms with Crippen LogP contribution >= 0.6 is 0 Å². The van der Waals surface area contributed by atoms with Gasteiger partial charge in [-0.25, -0.2) is 12.8 Å². The molecule has 0 fully saturated rings. The number of sulfonamides is 1. The molecule has 1 amide bonds. The number of aryl methyl sites for hydroxylation is 2. The Bertz CT molecular complexity index is 801. The molecule has 0 unspecified atom stereocenters. The van der Waals surface area contributed by atoms with E-state index in [1.54, 1.807) is 19.1 Å². The highest BCUT2D eigenvalue weighted by atomic mass is 32.2. The summed E-state index contributed by atoms with van der Waals surface area (Å²) in [5.74, 6) is -0.669. The van der Waals surface area contributed by atoms with Crippen LogP contribution in [0.2, 0.25) is 0 Å². The van der Waals surface area contributed by atoms with Crippen molar-refractivity contribution in [2.75, 3.05) is 6.26 Å². The van der Waals surface area contributed by atoms with Gasteiger partial charge in [0.25, 0.3) is 0 Å². The molecule has 0 spiro atoms. The number of hydrogen-bond acceptors (Lipinski definition) is 6. The summed E-state index contributed by atoms with van der Waals surface area (Å²) in [5, 5.41) is 3.71. The van der Waals surface area contributed by atoms with E-state index in [1.165, 1.54) is 6.07 Å². The molecular formula is C13H14FN3O4S. The molecule has 0 aliphatic heterocycles. The summed E-state index contributed by atoms with van der Waals surface area (Å²) in [5.41, 5.74) is 0.962. The molecule has 22 heavy (non-hydrogen) atoms. The summed E-state index contributed by atoms with van der Waals surface area (Å²) in [6.45, 7) is 1.64. The lowest BCUT2D eigenvalue weighted by Gasteiger charge is -1.99. The molecule has 0 saturated carbocycles. The Labute approximate surface area is 126 Å². The number of carbonyl (C=O) groups excluding carboxylic acids is 1. The van der Waals surface area contributed by atoms with Crippen LogP contribution in [0.3, 0.4) is 0 Å². The van der Waals surface area contributed by atoms with E-state index in [1.807, 2.05) is 4.72 Å². The molecule has 118 valence electrons. The van der Waals surface area contributed by atoms with Crippen LogP contribution in [0, 0.1) is 12.7 Å². The first-order valence-electron chi connectivity index (χ1n) is 6.34. The lowest BCUT2D eigenvalue weighted by Crippen LogP contribution is -2.29. The Morgan fingerprint density at radius 2 is 2.14 bits per heavy atom. The standard InChI is InChI=1S/C13H14FN3O4S/c1-8-3-4-9(7-10(8)14)13-15-12(21-16-13)6-5-11(18)17-22(2,19)20/h3-4,7H,5-6H2,1-2H3,(H,17,18). The minimum Gasteiger partial charge on any atom is -0.339 e. The molecule has 1 N–H and O–H groups in total. The van der Waals surface area contributed by atoms with Crippen LogP contribution in [0.1, 0.15) is 17.9 Å². The van der Waals surface area contributed by atoms with E-state index in [2.05, 4.69) is 10.1 Å². The van der Waals surface area contributed by atoms with Crippen molar-refractivity contribution in [3.8, 4) is 11.4 Å². The first-order chi connectivity index (χ1) is 10.2. The van der Waals surface area contributed by atoms with Crippen molar-refractivity contribution in [2.24, 2.45) is 0 Å². The van der Waals surface area contributed by atoms with Gasteiger partial charge < -0.3 is 4.52 Å². The van der Waals surface area contributed by atoms with Gasteiger partial charge in [-0.05, 0) is 18.6 Å². The van der Waals surface area contributed by atoms with Crippen molar-refractivity contribution in [3.63, 3.8) is 0 Å². The molecule has 7 nitrogen and oxygen atoms in total. The predicted molar refractivity (Wildman–Crippen MR) is 75.7 cm³/mol. The molecule has 9 heteroatoms. The molecule has 0 bridgehead atoms. The van der Waals surface area contributed by atoms with Crippen molar-refractivity contribution >= 4 is 15.9 Å². The number of halogens is 1. The number of amides is 1. The van der Waals surface area contributed by atoms with Crippen molar-refractivity contribution in [1.82, 2.24) is 14.9 Å². The topological polar surface area (TPSA) is 102 Å². The summed E-state index contributed by atoms with van der Waals surface area (Å²) in [6, 6.07) is 4.55. The van der Waals surface area contributed by atoms with E-state index in [9.17, 15) is 17.6 Å². The number of rotatable bonds is 5. The minimum atomic E-state index is -3.58. The first-order valence-corrected chi connectivity index (χ1v) is 8.23. The third-order valence-electron chi connectivity index (χ3n) is 2.76. The third kappa shape index (κ3) is 4.35. The van der Waals surface area contributed by atoms with Gasteiger partial charge in [-0.3, -0.25) is 9.52 Å². The molecule has 0 atom stereocenters. The monoisotopic (exact) mass is 327 g/mol. The molecule has 0 aliphatic carbocycles. The van der Waals surface area contributed by atoms with Gasteiger partial charge in [0.1, 0.15) is 5.82 Å². The maximum absolute atomic E-state index is 13.5. The summed E-state index contributed by atoms with van der Waals surface area (Å²) in [6.07, 6.45) is 0.862. The van der Waals surface area contributed by atoms with Crippen LogP contribution in [0.25, 0.3) is 11.4 Å². The van der Waals surface area contributed by atoms with Crippen LogP contribution < -0.4 is 4.72 Å². The first kappa shape index (κ1) is 16.1. The van der Waals surface area contributed by atoms with Crippen molar-refractivity contribution in [2.45, 2.75) is 19.8 Å².